The van der Waals surface area contributed by atoms with Gasteiger partial charge in [-0.1, -0.05) is 19.3 Å². The minimum absolute atomic E-state index is 0.160. The van der Waals surface area contributed by atoms with Crippen LogP contribution < -0.4 is 4.72 Å². The molecule has 0 aromatic carbocycles. The van der Waals surface area contributed by atoms with Crippen LogP contribution in [0.3, 0.4) is 0 Å². The number of nitrogens with zero attached hydrogens (tertiary/aromatic N) is 3. The van der Waals surface area contributed by atoms with Crippen molar-refractivity contribution in [1.82, 2.24) is 14.8 Å². The summed E-state index contributed by atoms with van der Waals surface area (Å²) in [5.41, 5.74) is 0. The second-order valence-corrected chi connectivity index (χ2v) is 5.96. The zero-order valence-corrected chi connectivity index (χ0v) is 10.1. The van der Waals surface area contributed by atoms with E-state index in [2.05, 4.69) is 14.8 Å². The van der Waals surface area contributed by atoms with Crippen LogP contribution in [0.5, 0.6) is 0 Å². The number of rotatable bonds is 3. The summed E-state index contributed by atoms with van der Waals surface area (Å²) in [5, 5.41) is 4.13. The predicted molar refractivity (Wildman–Crippen MR) is 60.6 cm³/mol. The smallest absolute Gasteiger partial charge is 0.250 e. The molecule has 0 spiro atoms. The van der Waals surface area contributed by atoms with Gasteiger partial charge in [-0.15, -0.1) is 5.10 Å². The molecule has 90 valence electrons. The first-order valence-corrected chi connectivity index (χ1v) is 7.33. The van der Waals surface area contributed by atoms with Crippen molar-refractivity contribution in [3.63, 3.8) is 0 Å². The van der Waals surface area contributed by atoms with E-state index in [0.29, 0.717) is 6.04 Å². The first-order chi connectivity index (χ1) is 7.54. The quantitative estimate of drug-likeness (QED) is 0.865. The molecule has 2 rings (SSSR count). The minimum atomic E-state index is -3.28. The Balaban J connectivity index is 2.06. The lowest BCUT2D eigenvalue weighted by atomic mass is 9.96. The second kappa shape index (κ2) is 4.40. The van der Waals surface area contributed by atoms with E-state index < -0.39 is 10.0 Å². The average Bonchev–Trinajstić information content (AvgIpc) is 2.65. The van der Waals surface area contributed by atoms with E-state index in [9.17, 15) is 8.42 Å². The van der Waals surface area contributed by atoms with Gasteiger partial charge in [0.2, 0.25) is 10.0 Å². The van der Waals surface area contributed by atoms with Gasteiger partial charge in [-0.05, 0) is 12.8 Å². The van der Waals surface area contributed by atoms with Crippen LogP contribution in [-0.2, 0) is 10.0 Å². The molecular formula is C9H16N4O2S. The monoisotopic (exact) mass is 244 g/mol. The van der Waals surface area contributed by atoms with Gasteiger partial charge in [-0.3, -0.25) is 4.72 Å². The van der Waals surface area contributed by atoms with Crippen LogP contribution in [0.2, 0.25) is 0 Å². The third kappa shape index (κ3) is 2.94. The standard InChI is InChI=1S/C9H16N4O2S/c1-16(14,15)12-9-10-7-13(11-9)8-5-3-2-4-6-8/h7-8H,2-6H2,1H3,(H,11,12). The Morgan fingerprint density at radius 2 is 2.06 bits per heavy atom. The summed E-state index contributed by atoms with van der Waals surface area (Å²) in [4.78, 5) is 3.94. The maximum absolute atomic E-state index is 11.0. The van der Waals surface area contributed by atoms with Gasteiger partial charge >= 0.3 is 0 Å². The molecule has 16 heavy (non-hydrogen) atoms. The van der Waals surface area contributed by atoms with Gasteiger partial charge in [0, 0.05) is 0 Å². The SMILES string of the molecule is CS(=O)(=O)Nc1ncn(C2CCCCC2)n1. The lowest BCUT2D eigenvalue weighted by Gasteiger charge is -2.20. The molecule has 0 atom stereocenters. The topological polar surface area (TPSA) is 76.9 Å². The zero-order valence-electron chi connectivity index (χ0n) is 9.26. The van der Waals surface area contributed by atoms with Crippen molar-refractivity contribution in [2.24, 2.45) is 0 Å². The highest BCUT2D eigenvalue weighted by Crippen LogP contribution is 2.27. The van der Waals surface area contributed by atoms with E-state index in [1.807, 2.05) is 0 Å². The highest BCUT2D eigenvalue weighted by Gasteiger charge is 2.17. The first-order valence-electron chi connectivity index (χ1n) is 5.43. The Labute approximate surface area is 95.1 Å². The molecule has 1 N–H and O–H groups in total. The normalized spacial score (nSPS) is 18.6. The van der Waals surface area contributed by atoms with Crippen molar-refractivity contribution in [2.45, 2.75) is 38.1 Å². The third-order valence-corrected chi connectivity index (χ3v) is 3.29. The van der Waals surface area contributed by atoms with E-state index in [0.717, 1.165) is 19.1 Å². The fraction of sp³-hybridized carbons (Fsp3) is 0.778. The van der Waals surface area contributed by atoms with Crippen molar-refractivity contribution in [3.8, 4) is 0 Å². The van der Waals surface area contributed by atoms with Crippen LogP contribution in [-0.4, -0.2) is 29.4 Å². The van der Waals surface area contributed by atoms with E-state index in [1.165, 1.54) is 19.3 Å². The Morgan fingerprint density at radius 3 is 2.69 bits per heavy atom. The van der Waals surface area contributed by atoms with Crippen LogP contribution in [0.1, 0.15) is 38.1 Å². The molecule has 0 radical (unpaired) electrons. The summed E-state index contributed by atoms with van der Waals surface area (Å²) in [6.07, 6.45) is 8.58. The first kappa shape index (κ1) is 11.4. The maximum Gasteiger partial charge on any atom is 0.255 e. The predicted octanol–water partition coefficient (Wildman–Crippen LogP) is 1.15. The average molecular weight is 244 g/mol. The van der Waals surface area contributed by atoms with Crippen molar-refractivity contribution in [2.75, 3.05) is 11.0 Å². The minimum Gasteiger partial charge on any atom is -0.250 e. The molecule has 1 aliphatic carbocycles. The molecule has 1 aliphatic rings. The van der Waals surface area contributed by atoms with E-state index in [4.69, 9.17) is 0 Å². The van der Waals surface area contributed by atoms with E-state index >= 15 is 0 Å². The molecule has 0 bridgehead atoms. The van der Waals surface area contributed by atoms with Crippen molar-refractivity contribution in [3.05, 3.63) is 6.33 Å². The van der Waals surface area contributed by atoms with Gasteiger partial charge in [0.1, 0.15) is 6.33 Å². The van der Waals surface area contributed by atoms with Crippen LogP contribution in [0.25, 0.3) is 0 Å². The van der Waals surface area contributed by atoms with Crippen LogP contribution in [0.4, 0.5) is 5.95 Å². The summed E-state index contributed by atoms with van der Waals surface area (Å²) >= 11 is 0. The molecule has 6 nitrogen and oxygen atoms in total. The molecule has 1 aromatic rings. The van der Waals surface area contributed by atoms with Gasteiger partial charge in [-0.25, -0.2) is 13.1 Å². The fourth-order valence-corrected chi connectivity index (χ4v) is 2.43. The van der Waals surface area contributed by atoms with Gasteiger partial charge in [0.05, 0.1) is 12.3 Å². The molecular weight excluding hydrogens is 228 g/mol. The van der Waals surface area contributed by atoms with Crippen LogP contribution in [0.15, 0.2) is 6.33 Å². The summed E-state index contributed by atoms with van der Waals surface area (Å²) in [6, 6.07) is 0.372. The molecule has 0 saturated heterocycles. The number of aromatic nitrogens is 3. The largest absolute Gasteiger partial charge is 0.255 e. The Hall–Kier alpha value is -1.11. The Kier molecular flexibility index (Phi) is 3.13. The molecule has 0 aliphatic heterocycles. The van der Waals surface area contributed by atoms with Crippen LogP contribution >= 0.6 is 0 Å². The van der Waals surface area contributed by atoms with Gasteiger partial charge in [0.15, 0.2) is 0 Å². The second-order valence-electron chi connectivity index (χ2n) is 4.21. The number of sulfonamides is 1. The number of nitrogens with one attached hydrogen (secondary N) is 1. The Bertz CT molecular complexity index is 448. The van der Waals surface area contributed by atoms with Crippen LogP contribution in [0, 0.1) is 0 Å². The third-order valence-electron chi connectivity index (χ3n) is 2.73. The zero-order chi connectivity index (χ0) is 11.6. The van der Waals surface area contributed by atoms with Crippen molar-refractivity contribution >= 4 is 16.0 Å². The van der Waals surface area contributed by atoms with Gasteiger partial charge in [-0.2, -0.15) is 4.98 Å². The Morgan fingerprint density at radius 1 is 1.38 bits per heavy atom. The molecule has 1 fully saturated rings. The highest BCUT2D eigenvalue weighted by atomic mass is 32.2. The van der Waals surface area contributed by atoms with E-state index in [1.54, 1.807) is 11.0 Å². The molecule has 7 heteroatoms. The summed E-state index contributed by atoms with van der Waals surface area (Å²) < 4.78 is 26.0. The van der Waals surface area contributed by atoms with Crippen molar-refractivity contribution in [1.29, 1.82) is 0 Å². The van der Waals surface area contributed by atoms with E-state index in [-0.39, 0.29) is 5.95 Å². The summed E-state index contributed by atoms with van der Waals surface area (Å²) in [5.74, 6) is 0.160. The molecule has 0 unspecified atom stereocenters. The highest BCUT2D eigenvalue weighted by molar-refractivity contribution is 7.91. The summed E-state index contributed by atoms with van der Waals surface area (Å²) in [6.45, 7) is 0. The van der Waals surface area contributed by atoms with Gasteiger partial charge in [0.25, 0.3) is 5.95 Å². The van der Waals surface area contributed by atoms with Crippen molar-refractivity contribution < 1.29 is 8.42 Å². The number of anilines is 1. The number of hydrogen-bond donors (Lipinski definition) is 1. The molecule has 1 aromatic heterocycles. The molecule has 1 heterocycles. The summed E-state index contributed by atoms with van der Waals surface area (Å²) in [7, 11) is -3.28. The maximum atomic E-state index is 11.0. The lowest BCUT2D eigenvalue weighted by molar-refractivity contribution is 0.329. The van der Waals surface area contributed by atoms with Gasteiger partial charge < -0.3 is 0 Å². The fourth-order valence-electron chi connectivity index (χ4n) is 2.01. The molecule has 0 amide bonds. The lowest BCUT2D eigenvalue weighted by Crippen LogP contribution is -2.15. The number of hydrogen-bond acceptors (Lipinski definition) is 4. The molecule has 1 saturated carbocycles.